The Hall–Kier alpha value is -1.34. The normalized spacial score (nSPS) is 16.4. The fourth-order valence-corrected chi connectivity index (χ4v) is 5.70. The Kier molecular flexibility index (Phi) is 7.20. The van der Waals surface area contributed by atoms with Crippen LogP contribution in [0, 0.1) is 13.8 Å². The van der Waals surface area contributed by atoms with Gasteiger partial charge in [0.05, 0.1) is 10.6 Å². The van der Waals surface area contributed by atoms with Gasteiger partial charge in [-0.15, -0.1) is 11.3 Å². The maximum Gasteiger partial charge on any atom is 0.263 e. The van der Waals surface area contributed by atoms with Gasteiger partial charge in [-0.3, -0.25) is 14.2 Å². The van der Waals surface area contributed by atoms with Crippen LogP contribution in [0.5, 0.6) is 0 Å². The van der Waals surface area contributed by atoms with E-state index in [-0.39, 0.29) is 16.7 Å². The van der Waals surface area contributed by atoms with Crippen molar-refractivity contribution < 1.29 is 4.79 Å². The molecule has 7 heteroatoms. The van der Waals surface area contributed by atoms with Crippen LogP contribution in [0.2, 0.25) is 0 Å². The molecule has 1 aliphatic rings. The van der Waals surface area contributed by atoms with Crippen molar-refractivity contribution in [2.45, 2.75) is 95.6 Å². The largest absolute Gasteiger partial charge is 0.352 e. The van der Waals surface area contributed by atoms with Crippen LogP contribution in [0.3, 0.4) is 0 Å². The lowest BCUT2D eigenvalue weighted by atomic mass is 9.95. The number of aromatic nitrogens is 2. The van der Waals surface area contributed by atoms with Gasteiger partial charge in [-0.25, -0.2) is 4.98 Å². The minimum Gasteiger partial charge on any atom is -0.352 e. The fourth-order valence-electron chi connectivity index (χ4n) is 3.69. The monoisotopic (exact) mass is 421 g/mol. The number of carbonyl (C=O) groups is 1. The van der Waals surface area contributed by atoms with Gasteiger partial charge in [-0.05, 0) is 45.6 Å². The van der Waals surface area contributed by atoms with E-state index in [1.165, 1.54) is 31.0 Å². The topological polar surface area (TPSA) is 64.0 Å². The van der Waals surface area contributed by atoms with Gasteiger partial charge in [0.25, 0.3) is 5.56 Å². The molecule has 0 aromatic carbocycles. The van der Waals surface area contributed by atoms with Crippen molar-refractivity contribution in [1.29, 1.82) is 0 Å². The lowest BCUT2D eigenvalue weighted by Crippen LogP contribution is -2.40. The number of nitrogens with one attached hydrogen (secondary N) is 1. The summed E-state index contributed by atoms with van der Waals surface area (Å²) in [5.74, 6) is 0.0480. The summed E-state index contributed by atoms with van der Waals surface area (Å²) in [6.45, 7) is 8.70. The van der Waals surface area contributed by atoms with Crippen LogP contribution in [0.15, 0.2) is 9.95 Å². The standard InChI is InChI=1S/C21H31N3O2S2/c1-5-6-12-24-20(26)17-13(2)14(3)27-19(17)23-21(24)28-15(4)18(25)22-16-10-8-7-9-11-16/h15-16H,5-12H2,1-4H3,(H,22,25). The van der Waals surface area contributed by atoms with Crippen LogP contribution in [-0.2, 0) is 11.3 Å². The highest BCUT2D eigenvalue weighted by Gasteiger charge is 2.23. The molecule has 1 fully saturated rings. The van der Waals surface area contributed by atoms with Crippen molar-refractivity contribution in [3.8, 4) is 0 Å². The first-order valence-corrected chi connectivity index (χ1v) is 12.1. The maximum absolute atomic E-state index is 13.2. The number of unbranched alkanes of at least 4 members (excludes halogenated alkanes) is 1. The van der Waals surface area contributed by atoms with Crippen LogP contribution in [0.25, 0.3) is 10.2 Å². The van der Waals surface area contributed by atoms with Crippen molar-refractivity contribution in [2.24, 2.45) is 0 Å². The lowest BCUT2D eigenvalue weighted by molar-refractivity contribution is -0.121. The number of hydrogen-bond acceptors (Lipinski definition) is 5. The third-order valence-corrected chi connectivity index (χ3v) is 7.78. The SMILES string of the molecule is CCCCn1c(SC(C)C(=O)NC2CCCCC2)nc2sc(C)c(C)c2c1=O. The number of thiophene rings is 1. The van der Waals surface area contributed by atoms with E-state index in [4.69, 9.17) is 4.98 Å². The van der Waals surface area contributed by atoms with E-state index < -0.39 is 0 Å². The predicted molar refractivity (Wildman–Crippen MR) is 119 cm³/mol. The van der Waals surface area contributed by atoms with Gasteiger partial charge in [0.2, 0.25) is 5.91 Å². The van der Waals surface area contributed by atoms with Crippen molar-refractivity contribution in [3.63, 3.8) is 0 Å². The molecular formula is C21H31N3O2S2. The molecule has 5 nitrogen and oxygen atoms in total. The number of amides is 1. The molecular weight excluding hydrogens is 390 g/mol. The number of rotatable bonds is 7. The average Bonchev–Trinajstić information content (AvgIpc) is 2.96. The van der Waals surface area contributed by atoms with Gasteiger partial charge in [0.1, 0.15) is 4.83 Å². The third kappa shape index (κ3) is 4.62. The van der Waals surface area contributed by atoms with E-state index in [0.29, 0.717) is 17.7 Å². The number of nitrogens with zero attached hydrogens (tertiary/aromatic N) is 2. The molecule has 2 heterocycles. The molecule has 2 aromatic rings. The summed E-state index contributed by atoms with van der Waals surface area (Å²) in [4.78, 5) is 32.6. The predicted octanol–water partition coefficient (Wildman–Crippen LogP) is 4.80. The highest BCUT2D eigenvalue weighted by molar-refractivity contribution is 8.00. The Morgan fingerprint density at radius 3 is 2.71 bits per heavy atom. The Balaban J connectivity index is 1.85. The minimum absolute atomic E-state index is 0.0303. The molecule has 0 saturated heterocycles. The molecule has 1 amide bonds. The van der Waals surface area contributed by atoms with Crippen LogP contribution < -0.4 is 10.9 Å². The third-order valence-electron chi connectivity index (χ3n) is 5.59. The zero-order valence-electron chi connectivity index (χ0n) is 17.3. The molecule has 1 N–H and O–H groups in total. The van der Waals surface area contributed by atoms with Gasteiger partial charge < -0.3 is 5.32 Å². The smallest absolute Gasteiger partial charge is 0.263 e. The van der Waals surface area contributed by atoms with E-state index in [0.717, 1.165) is 46.3 Å². The molecule has 28 heavy (non-hydrogen) atoms. The molecule has 0 spiro atoms. The van der Waals surface area contributed by atoms with Gasteiger partial charge in [-0.1, -0.05) is 44.4 Å². The van der Waals surface area contributed by atoms with Crippen LogP contribution in [0.1, 0.15) is 69.2 Å². The quantitative estimate of drug-likeness (QED) is 0.515. The molecule has 3 rings (SSSR count). The summed E-state index contributed by atoms with van der Waals surface area (Å²) in [5, 5.41) is 4.32. The number of thioether (sulfide) groups is 1. The van der Waals surface area contributed by atoms with Gasteiger partial charge >= 0.3 is 0 Å². The summed E-state index contributed by atoms with van der Waals surface area (Å²) < 4.78 is 1.78. The van der Waals surface area contributed by atoms with Gasteiger partial charge in [0, 0.05) is 17.5 Å². The second-order valence-electron chi connectivity index (χ2n) is 7.77. The zero-order chi connectivity index (χ0) is 20.3. The zero-order valence-corrected chi connectivity index (χ0v) is 19.0. The molecule has 1 unspecified atom stereocenters. The number of fused-ring (bicyclic) bond motifs is 1. The Bertz CT molecular complexity index is 897. The number of hydrogen-bond donors (Lipinski definition) is 1. The number of aryl methyl sites for hydroxylation is 2. The first-order chi connectivity index (χ1) is 13.4. The minimum atomic E-state index is -0.277. The highest BCUT2D eigenvalue weighted by atomic mass is 32.2. The maximum atomic E-state index is 13.2. The summed E-state index contributed by atoms with van der Waals surface area (Å²) in [6.07, 6.45) is 7.73. The summed E-state index contributed by atoms with van der Waals surface area (Å²) in [7, 11) is 0. The number of carbonyl (C=O) groups excluding carboxylic acids is 1. The molecule has 1 saturated carbocycles. The van der Waals surface area contributed by atoms with E-state index >= 15 is 0 Å². The Morgan fingerprint density at radius 2 is 2.04 bits per heavy atom. The summed E-state index contributed by atoms with van der Waals surface area (Å²) in [5.41, 5.74) is 1.06. The molecule has 1 atom stereocenters. The molecule has 0 bridgehead atoms. The molecule has 0 radical (unpaired) electrons. The van der Waals surface area contributed by atoms with E-state index in [1.807, 2.05) is 20.8 Å². The second kappa shape index (κ2) is 9.44. The average molecular weight is 422 g/mol. The van der Waals surface area contributed by atoms with E-state index in [1.54, 1.807) is 15.9 Å². The Labute approximate surface area is 175 Å². The van der Waals surface area contributed by atoms with Crippen LogP contribution >= 0.6 is 23.1 Å². The second-order valence-corrected chi connectivity index (χ2v) is 10.3. The lowest BCUT2D eigenvalue weighted by Gasteiger charge is -2.24. The molecule has 1 aliphatic carbocycles. The van der Waals surface area contributed by atoms with E-state index in [2.05, 4.69) is 12.2 Å². The van der Waals surface area contributed by atoms with Crippen molar-refractivity contribution in [1.82, 2.24) is 14.9 Å². The van der Waals surface area contributed by atoms with Crippen LogP contribution in [-0.4, -0.2) is 26.8 Å². The Morgan fingerprint density at radius 1 is 1.32 bits per heavy atom. The van der Waals surface area contributed by atoms with Crippen molar-refractivity contribution >= 4 is 39.2 Å². The van der Waals surface area contributed by atoms with E-state index in [9.17, 15) is 9.59 Å². The van der Waals surface area contributed by atoms with Crippen LogP contribution in [0.4, 0.5) is 0 Å². The highest BCUT2D eigenvalue weighted by Crippen LogP contribution is 2.30. The molecule has 0 aliphatic heterocycles. The van der Waals surface area contributed by atoms with Crippen molar-refractivity contribution in [2.75, 3.05) is 0 Å². The van der Waals surface area contributed by atoms with Gasteiger partial charge in [-0.2, -0.15) is 0 Å². The summed E-state index contributed by atoms with van der Waals surface area (Å²) >= 11 is 2.97. The first-order valence-electron chi connectivity index (χ1n) is 10.4. The van der Waals surface area contributed by atoms with Gasteiger partial charge in [0.15, 0.2) is 5.16 Å². The molecule has 2 aromatic heterocycles. The fraction of sp³-hybridized carbons (Fsp3) is 0.667. The molecule has 154 valence electrons. The first kappa shape index (κ1) is 21.4. The van der Waals surface area contributed by atoms with Crippen molar-refractivity contribution in [3.05, 3.63) is 20.8 Å². The summed E-state index contributed by atoms with van der Waals surface area (Å²) in [6, 6.07) is 0.296.